The molecule has 0 radical (unpaired) electrons. The van der Waals surface area contributed by atoms with Gasteiger partial charge in [0.2, 0.25) is 0 Å². The van der Waals surface area contributed by atoms with E-state index in [4.69, 9.17) is 0 Å². The largest absolute Gasteiger partial charge is 0.374 e. The number of aromatic nitrogens is 1. The third-order valence-corrected chi connectivity index (χ3v) is 14.7. The van der Waals surface area contributed by atoms with Crippen LogP contribution in [0.1, 0.15) is 17.0 Å². The van der Waals surface area contributed by atoms with Crippen molar-refractivity contribution in [3.63, 3.8) is 0 Å². The van der Waals surface area contributed by atoms with Crippen LogP contribution in [0.2, 0.25) is 0 Å². The van der Waals surface area contributed by atoms with Gasteiger partial charge < -0.3 is 9.38 Å². The first kappa shape index (κ1) is 23.8. The summed E-state index contributed by atoms with van der Waals surface area (Å²) in [6, 6.07) is 44.0. The van der Waals surface area contributed by atoms with Crippen LogP contribution in [-0.4, -0.2) is 16.7 Å². The zero-order valence-electron chi connectivity index (χ0n) is 24.3. The highest BCUT2D eigenvalue weighted by Crippen LogP contribution is 2.62. The lowest BCUT2D eigenvalue weighted by Gasteiger charge is -2.41. The molecule has 13 rings (SSSR count). The van der Waals surface area contributed by atoms with Crippen molar-refractivity contribution in [3.8, 4) is 11.1 Å². The lowest BCUT2D eigenvalue weighted by molar-refractivity contribution is 0.820. The Morgan fingerprint density at radius 1 is 0.587 bits per heavy atom. The number of nitrogens with zero attached hydrogens (tertiary/aromatic N) is 2. The van der Waals surface area contributed by atoms with E-state index in [1.165, 1.54) is 101 Å². The number of hydrogen-bond donors (Lipinski definition) is 0. The molecule has 0 amide bonds. The summed E-state index contributed by atoms with van der Waals surface area (Å²) in [5, 5.41) is 5.86. The molecule has 0 fully saturated rings. The maximum atomic E-state index is 2.80. The highest BCUT2D eigenvalue weighted by atomic mass is 32.2. The third-order valence-electron chi connectivity index (χ3n) is 11.1. The van der Waals surface area contributed by atoms with Crippen molar-refractivity contribution in [2.75, 3.05) is 4.90 Å². The smallest absolute Gasteiger partial charge is 0.333 e. The Kier molecular flexibility index (Phi) is 4.08. The van der Waals surface area contributed by atoms with Gasteiger partial charge in [0.15, 0.2) is 0 Å². The number of hydrogen-bond acceptors (Lipinski definition) is 4. The molecule has 2 unspecified atom stereocenters. The van der Waals surface area contributed by atoms with Crippen LogP contribution in [0.25, 0.3) is 62.5 Å². The number of thiophene rings is 2. The summed E-state index contributed by atoms with van der Waals surface area (Å²) in [6.07, 6.45) is 0. The van der Waals surface area contributed by atoms with Crippen LogP contribution in [0, 0.1) is 0 Å². The van der Waals surface area contributed by atoms with Crippen LogP contribution in [0.5, 0.6) is 0 Å². The number of para-hydroxylation sites is 2. The molecule has 46 heavy (non-hydrogen) atoms. The fourth-order valence-electron chi connectivity index (χ4n) is 9.50. The molecule has 4 aliphatic heterocycles. The summed E-state index contributed by atoms with van der Waals surface area (Å²) in [5.74, 6) is 0.348. The number of thioether (sulfide) groups is 1. The van der Waals surface area contributed by atoms with Crippen LogP contribution in [-0.2, 0) is 0 Å². The Bertz CT molecular complexity index is 2890. The van der Waals surface area contributed by atoms with Crippen LogP contribution in [0.4, 0.5) is 11.4 Å². The van der Waals surface area contributed by atoms with Gasteiger partial charge in [0.05, 0.1) is 15.6 Å². The Morgan fingerprint density at radius 3 is 2.28 bits per heavy atom. The molecule has 0 saturated heterocycles. The summed E-state index contributed by atoms with van der Waals surface area (Å²) in [6.45, 7) is 0.103. The second kappa shape index (κ2) is 7.89. The molecule has 2 atom stereocenters. The van der Waals surface area contributed by atoms with E-state index in [2.05, 4.69) is 136 Å². The average molecular weight is 637 g/mol. The molecule has 6 heteroatoms. The Balaban J connectivity index is 1.28. The van der Waals surface area contributed by atoms with Gasteiger partial charge >= 0.3 is 6.85 Å². The first-order valence-electron chi connectivity index (χ1n) is 16.0. The molecular weight excluding hydrogens is 615 g/mol. The van der Waals surface area contributed by atoms with Gasteiger partial charge in [-0.3, -0.25) is 0 Å². The highest BCUT2D eigenvalue weighted by Gasteiger charge is 2.53. The highest BCUT2D eigenvalue weighted by molar-refractivity contribution is 8.00. The number of anilines is 2. The molecule has 2 nitrogen and oxygen atoms in total. The summed E-state index contributed by atoms with van der Waals surface area (Å²) < 4.78 is 8.30. The second-order valence-electron chi connectivity index (χ2n) is 13.1. The first-order valence-corrected chi connectivity index (χ1v) is 18.5. The summed E-state index contributed by atoms with van der Waals surface area (Å²) in [7, 11) is 0. The number of rotatable bonds is 0. The predicted octanol–water partition coefficient (Wildman–Crippen LogP) is 10.0. The minimum Gasteiger partial charge on any atom is -0.374 e. The first-order chi connectivity index (χ1) is 22.8. The predicted molar refractivity (Wildman–Crippen MR) is 200 cm³/mol. The van der Waals surface area contributed by atoms with Crippen molar-refractivity contribution < 1.29 is 0 Å². The van der Waals surface area contributed by atoms with E-state index in [1.54, 1.807) is 0 Å². The zero-order chi connectivity index (χ0) is 29.4. The van der Waals surface area contributed by atoms with E-state index in [0.717, 1.165) is 0 Å². The zero-order valence-corrected chi connectivity index (χ0v) is 26.8. The van der Waals surface area contributed by atoms with Gasteiger partial charge in [-0.05, 0) is 51.9 Å². The van der Waals surface area contributed by atoms with Crippen molar-refractivity contribution in [2.45, 2.75) is 16.2 Å². The van der Waals surface area contributed by atoms with Crippen LogP contribution in [0.15, 0.2) is 120 Å². The topological polar surface area (TPSA) is 8.17 Å². The molecule has 0 aliphatic carbocycles. The quantitative estimate of drug-likeness (QED) is 0.153. The SMILES string of the molecule is c1ccc2c(c1)SC1C2c2cccc3c2N1c1c2c(cc4sc5ccccc5c14)-c1cccc4c5sc6ccccc6c5n(c14)B32. The maximum Gasteiger partial charge on any atom is 0.333 e. The normalized spacial score (nSPS) is 18.3. The van der Waals surface area contributed by atoms with E-state index < -0.39 is 0 Å². The molecular formula is C40H21BN2S3. The van der Waals surface area contributed by atoms with Crippen molar-refractivity contribution in [2.24, 2.45) is 0 Å². The minimum absolute atomic E-state index is 0.103. The Hall–Kier alpha value is -4.49. The van der Waals surface area contributed by atoms with Gasteiger partial charge in [0, 0.05) is 68.9 Å². The summed E-state index contributed by atoms with van der Waals surface area (Å²) in [4.78, 5) is 4.23. The molecule has 3 aromatic heterocycles. The molecule has 0 saturated carbocycles. The van der Waals surface area contributed by atoms with Gasteiger partial charge in [0.1, 0.15) is 0 Å². The van der Waals surface area contributed by atoms with Gasteiger partial charge in [-0.15, -0.1) is 22.7 Å². The molecule has 212 valence electrons. The number of fused-ring (bicyclic) bond motifs is 18. The van der Waals surface area contributed by atoms with Crippen LogP contribution < -0.4 is 15.8 Å². The van der Waals surface area contributed by atoms with Gasteiger partial charge in [-0.2, -0.15) is 0 Å². The maximum absolute atomic E-state index is 2.80. The fourth-order valence-corrected chi connectivity index (χ4v) is 13.4. The number of benzene rings is 6. The van der Waals surface area contributed by atoms with Gasteiger partial charge in [0.25, 0.3) is 0 Å². The van der Waals surface area contributed by atoms with E-state index >= 15 is 0 Å². The molecule has 6 aromatic carbocycles. The molecule has 7 heterocycles. The van der Waals surface area contributed by atoms with Gasteiger partial charge in [-0.1, -0.05) is 103 Å². The second-order valence-corrected chi connectivity index (χ2v) is 16.4. The van der Waals surface area contributed by atoms with Crippen molar-refractivity contribution in [3.05, 3.63) is 126 Å². The van der Waals surface area contributed by atoms with E-state index in [0.29, 0.717) is 11.3 Å². The Morgan fingerprint density at radius 2 is 1.35 bits per heavy atom. The van der Waals surface area contributed by atoms with Gasteiger partial charge in [-0.25, -0.2) is 0 Å². The minimum atomic E-state index is 0.103. The Labute approximate surface area is 276 Å². The molecule has 4 aliphatic rings. The van der Waals surface area contributed by atoms with E-state index in [-0.39, 0.29) is 6.85 Å². The molecule has 0 N–H and O–H groups in total. The molecule has 0 spiro atoms. The molecule has 0 bridgehead atoms. The third kappa shape index (κ3) is 2.52. The average Bonchev–Trinajstić information content (AvgIpc) is 3.89. The fraction of sp³-hybridized carbons (Fsp3) is 0.0500. The van der Waals surface area contributed by atoms with Crippen LogP contribution >= 0.6 is 34.4 Å². The summed E-state index contributed by atoms with van der Waals surface area (Å²) in [5.41, 5.74) is 14.3. The van der Waals surface area contributed by atoms with Crippen molar-refractivity contribution >= 4 is 115 Å². The monoisotopic (exact) mass is 636 g/mol. The standard InChI is InChI=1S/C40H21BN2S3/c1-5-17-29-21(9-1)32-24-13-8-15-27-36(24)42(40(32)46-29)38-33-22-10-2-4-16-28(22)44-31(33)19-26-20-12-7-14-25-35(20)43(41(27)34(26)38)37-23-11-3-6-18-30(23)45-39(25)37/h1-19,32,40H. The van der Waals surface area contributed by atoms with E-state index in [1.807, 2.05) is 22.7 Å². The molecule has 9 aromatic rings. The lowest BCUT2D eigenvalue weighted by atomic mass is 9.45. The van der Waals surface area contributed by atoms with Crippen LogP contribution in [0.3, 0.4) is 0 Å². The van der Waals surface area contributed by atoms with Crippen molar-refractivity contribution in [1.29, 1.82) is 0 Å². The van der Waals surface area contributed by atoms with Crippen molar-refractivity contribution in [1.82, 2.24) is 4.48 Å². The lowest BCUT2D eigenvalue weighted by Crippen LogP contribution is -2.57. The summed E-state index contributed by atoms with van der Waals surface area (Å²) >= 11 is 5.97. The van der Waals surface area contributed by atoms with E-state index in [9.17, 15) is 0 Å².